The third-order valence-electron chi connectivity index (χ3n) is 4.20. The van der Waals surface area contributed by atoms with Gasteiger partial charge in [0, 0.05) is 5.56 Å². The van der Waals surface area contributed by atoms with E-state index in [9.17, 15) is 13.2 Å². The zero-order valence-corrected chi connectivity index (χ0v) is 19.4. The number of nitrogens with zero attached hydrogens (tertiary/aromatic N) is 3. The van der Waals surface area contributed by atoms with Crippen LogP contribution >= 0.6 is 34.5 Å². The Hall–Kier alpha value is -2.20. The molecule has 0 spiro atoms. The molecule has 1 aromatic heterocycles. The lowest BCUT2D eigenvalue weighted by Gasteiger charge is -2.28. The number of aryl methyl sites for hydroxylation is 1. The molecule has 0 saturated carbocycles. The smallest absolute Gasteiger partial charge is 0.249 e. The molecule has 0 fully saturated rings. The zero-order valence-electron chi connectivity index (χ0n) is 16.3. The molecule has 0 bridgehead atoms. The summed E-state index contributed by atoms with van der Waals surface area (Å²) in [6.07, 6.45) is 1.01. The van der Waals surface area contributed by atoms with E-state index in [1.807, 2.05) is 31.2 Å². The summed E-state index contributed by atoms with van der Waals surface area (Å²) in [6, 6.07) is 11.0. The molecule has 11 heteroatoms. The van der Waals surface area contributed by atoms with E-state index >= 15 is 0 Å². The highest BCUT2D eigenvalue weighted by atomic mass is 35.5. The van der Waals surface area contributed by atoms with E-state index in [4.69, 9.17) is 23.2 Å². The fourth-order valence-electron chi connectivity index (χ4n) is 2.73. The van der Waals surface area contributed by atoms with Gasteiger partial charge in [-0.05, 0) is 32.0 Å². The van der Waals surface area contributed by atoms with Crippen LogP contribution in [0.2, 0.25) is 10.0 Å². The average Bonchev–Trinajstić information content (AvgIpc) is 3.12. The number of hydrogen-bond acceptors (Lipinski definition) is 6. The zero-order chi connectivity index (χ0) is 22.1. The van der Waals surface area contributed by atoms with Crippen molar-refractivity contribution in [2.45, 2.75) is 19.9 Å². The quantitative estimate of drug-likeness (QED) is 0.551. The summed E-state index contributed by atoms with van der Waals surface area (Å²) < 4.78 is 25.8. The summed E-state index contributed by atoms with van der Waals surface area (Å²) in [6.45, 7) is 3.46. The summed E-state index contributed by atoms with van der Waals surface area (Å²) in [5.41, 5.74) is 2.22. The van der Waals surface area contributed by atoms with Crippen molar-refractivity contribution in [3.05, 3.63) is 58.1 Å². The number of nitrogens with one attached hydrogen (secondary N) is 1. The van der Waals surface area contributed by atoms with E-state index in [1.54, 1.807) is 0 Å². The molecule has 7 nitrogen and oxygen atoms in total. The predicted octanol–water partition coefficient (Wildman–Crippen LogP) is 4.61. The van der Waals surface area contributed by atoms with E-state index in [1.165, 1.54) is 36.5 Å². The van der Waals surface area contributed by atoms with Crippen molar-refractivity contribution in [3.8, 4) is 10.6 Å². The summed E-state index contributed by atoms with van der Waals surface area (Å²) in [7, 11) is -3.79. The molecule has 2 aromatic carbocycles. The molecule has 0 saturated heterocycles. The normalized spacial score (nSPS) is 12.4. The molecule has 30 heavy (non-hydrogen) atoms. The van der Waals surface area contributed by atoms with Crippen molar-refractivity contribution in [2.75, 3.05) is 15.9 Å². The van der Waals surface area contributed by atoms with Crippen LogP contribution in [0.1, 0.15) is 12.5 Å². The third-order valence-corrected chi connectivity index (χ3v) is 7.07. The first-order valence-electron chi connectivity index (χ1n) is 8.72. The van der Waals surface area contributed by atoms with Gasteiger partial charge in [0.2, 0.25) is 21.1 Å². The lowest BCUT2D eigenvalue weighted by atomic mass is 10.2. The molecule has 158 valence electrons. The van der Waals surface area contributed by atoms with Gasteiger partial charge in [0.05, 0.1) is 22.0 Å². The van der Waals surface area contributed by atoms with Crippen LogP contribution in [0.3, 0.4) is 0 Å². The van der Waals surface area contributed by atoms with Crippen LogP contribution in [-0.4, -0.2) is 36.8 Å². The fourth-order valence-corrected chi connectivity index (χ4v) is 4.94. The van der Waals surface area contributed by atoms with Gasteiger partial charge in [0.15, 0.2) is 0 Å². The number of aromatic nitrogens is 2. The Morgan fingerprint density at radius 2 is 1.77 bits per heavy atom. The van der Waals surface area contributed by atoms with Gasteiger partial charge in [-0.1, -0.05) is 64.4 Å². The first-order valence-corrected chi connectivity index (χ1v) is 12.1. The number of carbonyl (C=O) groups is 1. The molecule has 3 aromatic rings. The number of sulfonamides is 1. The summed E-state index contributed by atoms with van der Waals surface area (Å²) in [4.78, 5) is 12.8. The highest BCUT2D eigenvalue weighted by Gasteiger charge is 2.30. The standard InChI is InChI=1S/C19H18Cl2N4O3S2/c1-11-4-6-13(7-5-11)18-23-24-19(29-18)22-17(26)12(2)25(30(3,27)28)14-8-9-15(20)16(21)10-14/h4-10,12H,1-3H3,(H,22,24,26)/t12-/m1/s1. The summed E-state index contributed by atoms with van der Waals surface area (Å²) in [5, 5.41) is 12.1. The molecule has 0 unspecified atom stereocenters. The van der Waals surface area contributed by atoms with Crippen molar-refractivity contribution in [3.63, 3.8) is 0 Å². The number of rotatable bonds is 6. The average molecular weight is 485 g/mol. The topological polar surface area (TPSA) is 92.3 Å². The number of benzene rings is 2. The van der Waals surface area contributed by atoms with Gasteiger partial charge in [-0.2, -0.15) is 0 Å². The molecule has 0 aliphatic heterocycles. The lowest BCUT2D eigenvalue weighted by molar-refractivity contribution is -0.116. The number of carbonyl (C=O) groups excluding carboxylic acids is 1. The molecule has 3 rings (SSSR count). The molecule has 0 aliphatic rings. The fraction of sp³-hybridized carbons (Fsp3) is 0.211. The highest BCUT2D eigenvalue weighted by Crippen LogP contribution is 2.30. The van der Waals surface area contributed by atoms with Crippen molar-refractivity contribution >= 4 is 61.3 Å². The van der Waals surface area contributed by atoms with Gasteiger partial charge in [-0.25, -0.2) is 8.42 Å². The van der Waals surface area contributed by atoms with Gasteiger partial charge in [0.1, 0.15) is 11.0 Å². The Kier molecular flexibility index (Phi) is 6.66. The molecular weight excluding hydrogens is 467 g/mol. The molecular formula is C19H18Cl2N4O3S2. The van der Waals surface area contributed by atoms with Crippen molar-refractivity contribution in [2.24, 2.45) is 0 Å². The molecule has 0 radical (unpaired) electrons. The van der Waals surface area contributed by atoms with E-state index in [2.05, 4.69) is 15.5 Å². The van der Waals surface area contributed by atoms with Gasteiger partial charge in [0.25, 0.3) is 0 Å². The number of amides is 1. The maximum Gasteiger partial charge on any atom is 0.249 e. The minimum atomic E-state index is -3.79. The minimum Gasteiger partial charge on any atom is -0.299 e. The second kappa shape index (κ2) is 8.89. The van der Waals surface area contributed by atoms with Gasteiger partial charge in [-0.3, -0.25) is 14.4 Å². The largest absolute Gasteiger partial charge is 0.299 e. The molecule has 1 N–H and O–H groups in total. The maximum absolute atomic E-state index is 12.8. The van der Waals surface area contributed by atoms with E-state index < -0.39 is 22.0 Å². The van der Waals surface area contributed by atoms with Crippen LogP contribution in [0.4, 0.5) is 10.8 Å². The van der Waals surface area contributed by atoms with Crippen LogP contribution in [0.25, 0.3) is 10.6 Å². The van der Waals surface area contributed by atoms with Crippen LogP contribution in [0.15, 0.2) is 42.5 Å². The molecule has 1 atom stereocenters. The summed E-state index contributed by atoms with van der Waals surface area (Å²) in [5.74, 6) is -0.557. The Morgan fingerprint density at radius 1 is 1.10 bits per heavy atom. The van der Waals surface area contributed by atoms with Crippen LogP contribution in [0.5, 0.6) is 0 Å². The van der Waals surface area contributed by atoms with E-state index in [0.717, 1.165) is 21.7 Å². The van der Waals surface area contributed by atoms with Gasteiger partial charge in [-0.15, -0.1) is 10.2 Å². The predicted molar refractivity (Wildman–Crippen MR) is 122 cm³/mol. The molecule has 1 heterocycles. The minimum absolute atomic E-state index is 0.183. The second-order valence-corrected chi connectivity index (χ2v) is 10.3. The van der Waals surface area contributed by atoms with Gasteiger partial charge < -0.3 is 0 Å². The Balaban J connectivity index is 1.82. The van der Waals surface area contributed by atoms with Crippen molar-refractivity contribution < 1.29 is 13.2 Å². The lowest BCUT2D eigenvalue weighted by Crippen LogP contribution is -2.45. The number of hydrogen-bond donors (Lipinski definition) is 1. The maximum atomic E-state index is 12.8. The number of halogens is 2. The Labute approximate surface area is 188 Å². The molecule has 1 amide bonds. The number of anilines is 2. The van der Waals surface area contributed by atoms with Crippen LogP contribution in [-0.2, 0) is 14.8 Å². The SMILES string of the molecule is Cc1ccc(-c2nnc(NC(=O)[C@@H](C)N(c3ccc(Cl)c(Cl)c3)S(C)(=O)=O)s2)cc1. The summed E-state index contributed by atoms with van der Waals surface area (Å²) >= 11 is 13.1. The third kappa shape index (κ3) is 5.10. The molecule has 0 aliphatic carbocycles. The second-order valence-electron chi connectivity index (χ2n) is 6.60. The van der Waals surface area contributed by atoms with Crippen LogP contribution < -0.4 is 9.62 Å². The monoisotopic (exact) mass is 484 g/mol. The van der Waals surface area contributed by atoms with Gasteiger partial charge >= 0.3 is 0 Å². The van der Waals surface area contributed by atoms with E-state index in [-0.39, 0.29) is 20.9 Å². The van der Waals surface area contributed by atoms with Crippen molar-refractivity contribution in [1.82, 2.24) is 10.2 Å². The van der Waals surface area contributed by atoms with Crippen LogP contribution in [0, 0.1) is 6.92 Å². The van der Waals surface area contributed by atoms with E-state index in [0.29, 0.717) is 5.01 Å². The first-order chi connectivity index (χ1) is 14.1. The highest BCUT2D eigenvalue weighted by molar-refractivity contribution is 7.92. The Morgan fingerprint density at radius 3 is 2.37 bits per heavy atom. The van der Waals surface area contributed by atoms with Crippen molar-refractivity contribution in [1.29, 1.82) is 0 Å². The Bertz CT molecular complexity index is 1180. The first kappa shape index (κ1) is 22.5.